The van der Waals surface area contributed by atoms with E-state index in [1.165, 1.54) is 0 Å². The molecule has 0 bridgehead atoms. The highest BCUT2D eigenvalue weighted by molar-refractivity contribution is 5.26. The van der Waals surface area contributed by atoms with Crippen molar-refractivity contribution in [3.8, 4) is 0 Å². The zero-order valence-electron chi connectivity index (χ0n) is 7.86. The number of aromatic nitrogens is 2. The van der Waals surface area contributed by atoms with E-state index in [9.17, 15) is 0 Å². The number of nitrogens with two attached hydrogens (primary N) is 1. The molecule has 0 saturated carbocycles. The van der Waals surface area contributed by atoms with Crippen molar-refractivity contribution in [1.29, 1.82) is 0 Å². The van der Waals surface area contributed by atoms with Gasteiger partial charge in [0.05, 0.1) is 0 Å². The van der Waals surface area contributed by atoms with Crippen LogP contribution in [0, 0.1) is 0 Å². The molecule has 1 aromatic heterocycles. The third-order valence-electron chi connectivity index (χ3n) is 1.71. The molecule has 0 aliphatic rings. The first kappa shape index (κ1) is 9.94. The fourth-order valence-corrected chi connectivity index (χ4v) is 1.01. The molecule has 0 unspecified atom stereocenters. The van der Waals surface area contributed by atoms with Crippen LogP contribution in [0.3, 0.4) is 0 Å². The van der Waals surface area contributed by atoms with Crippen LogP contribution >= 0.6 is 0 Å². The fraction of sp³-hybridized carbons (Fsp3) is 0.714. The van der Waals surface area contributed by atoms with Crippen molar-refractivity contribution in [1.82, 2.24) is 10.1 Å². The number of rotatable bonds is 5. The molecule has 13 heavy (non-hydrogen) atoms. The van der Waals surface area contributed by atoms with E-state index < -0.39 is 0 Å². The molecule has 0 fully saturated rings. The van der Waals surface area contributed by atoms with Gasteiger partial charge in [0.25, 0.3) is 11.8 Å². The molecule has 1 heterocycles. The van der Waals surface area contributed by atoms with E-state index in [0.29, 0.717) is 11.8 Å². The smallest absolute Gasteiger partial charge is 0.266 e. The number of hydrogen-bond donors (Lipinski definition) is 1. The summed E-state index contributed by atoms with van der Waals surface area (Å²) in [5, 5.41) is 3.78. The van der Waals surface area contributed by atoms with Gasteiger partial charge in [0.2, 0.25) is 0 Å². The number of anilines is 1. The second-order valence-electron chi connectivity index (χ2n) is 2.47. The molecule has 0 aliphatic carbocycles. The van der Waals surface area contributed by atoms with Crippen molar-refractivity contribution in [2.24, 2.45) is 5.90 Å². The van der Waals surface area contributed by atoms with Crippen molar-refractivity contribution in [3.63, 3.8) is 0 Å². The van der Waals surface area contributed by atoms with Gasteiger partial charge in [0.15, 0.2) is 0 Å². The van der Waals surface area contributed by atoms with E-state index in [1.54, 1.807) is 0 Å². The van der Waals surface area contributed by atoms with Crippen LogP contribution in [0.1, 0.15) is 19.7 Å². The lowest BCUT2D eigenvalue weighted by molar-refractivity contribution is 0.0995. The summed E-state index contributed by atoms with van der Waals surface area (Å²) in [6.45, 7) is 5.89. The summed E-state index contributed by atoms with van der Waals surface area (Å²) in [4.78, 5) is 10.4. The van der Waals surface area contributed by atoms with Crippen LogP contribution in [0.5, 0.6) is 0 Å². The lowest BCUT2D eigenvalue weighted by Gasteiger charge is -2.14. The van der Waals surface area contributed by atoms with Crippen LogP contribution in [0.2, 0.25) is 0 Å². The van der Waals surface area contributed by atoms with Crippen LogP contribution in [-0.4, -0.2) is 23.2 Å². The van der Waals surface area contributed by atoms with E-state index in [2.05, 4.69) is 15.0 Å². The zero-order valence-corrected chi connectivity index (χ0v) is 7.86. The van der Waals surface area contributed by atoms with Gasteiger partial charge in [-0.3, -0.25) is 4.84 Å². The predicted octanol–water partition coefficient (Wildman–Crippen LogP) is 0.306. The Balaban J connectivity index is 2.66. The van der Waals surface area contributed by atoms with Crippen LogP contribution in [-0.2, 0) is 11.4 Å². The molecule has 0 aromatic carbocycles. The van der Waals surface area contributed by atoms with Gasteiger partial charge < -0.3 is 9.42 Å². The SMILES string of the molecule is CCN(CC)c1noc(CON)n1. The van der Waals surface area contributed by atoms with E-state index in [-0.39, 0.29) is 6.61 Å². The standard InChI is InChI=1S/C7H14N4O2/c1-3-11(4-2)7-9-6(5-12-8)13-10-7/h3-5,8H2,1-2H3. The van der Waals surface area contributed by atoms with Crippen molar-refractivity contribution in [2.75, 3.05) is 18.0 Å². The maximum atomic E-state index is 4.88. The maximum Gasteiger partial charge on any atom is 0.266 e. The highest BCUT2D eigenvalue weighted by Crippen LogP contribution is 2.08. The monoisotopic (exact) mass is 186 g/mol. The molecular weight excluding hydrogens is 172 g/mol. The van der Waals surface area contributed by atoms with Gasteiger partial charge in [0, 0.05) is 13.1 Å². The molecule has 1 rings (SSSR count). The Morgan fingerprint density at radius 2 is 2.15 bits per heavy atom. The minimum absolute atomic E-state index is 0.147. The van der Waals surface area contributed by atoms with Gasteiger partial charge in [-0.25, -0.2) is 5.90 Å². The second kappa shape index (κ2) is 4.78. The van der Waals surface area contributed by atoms with Gasteiger partial charge in [-0.05, 0) is 19.0 Å². The van der Waals surface area contributed by atoms with Crippen LogP contribution in [0.4, 0.5) is 5.95 Å². The van der Waals surface area contributed by atoms with Crippen molar-refractivity contribution in [2.45, 2.75) is 20.5 Å². The van der Waals surface area contributed by atoms with E-state index in [1.807, 2.05) is 18.7 Å². The third kappa shape index (κ3) is 2.40. The lowest BCUT2D eigenvalue weighted by Crippen LogP contribution is -2.23. The zero-order chi connectivity index (χ0) is 9.68. The molecule has 0 radical (unpaired) electrons. The van der Waals surface area contributed by atoms with Crippen molar-refractivity contribution in [3.05, 3.63) is 5.89 Å². The van der Waals surface area contributed by atoms with E-state index in [0.717, 1.165) is 13.1 Å². The predicted molar refractivity (Wildman–Crippen MR) is 46.8 cm³/mol. The second-order valence-corrected chi connectivity index (χ2v) is 2.47. The third-order valence-corrected chi connectivity index (χ3v) is 1.71. The molecule has 0 amide bonds. The van der Waals surface area contributed by atoms with Gasteiger partial charge in [0.1, 0.15) is 6.61 Å². The molecule has 74 valence electrons. The molecular formula is C7H14N4O2. The van der Waals surface area contributed by atoms with Gasteiger partial charge in [-0.15, -0.1) is 0 Å². The Kier molecular flexibility index (Phi) is 3.66. The Morgan fingerprint density at radius 3 is 2.69 bits per heavy atom. The Hall–Kier alpha value is -1.14. The first-order valence-electron chi connectivity index (χ1n) is 4.21. The highest BCUT2D eigenvalue weighted by Gasteiger charge is 2.10. The molecule has 0 spiro atoms. The van der Waals surface area contributed by atoms with Crippen molar-refractivity contribution >= 4 is 5.95 Å². The maximum absolute atomic E-state index is 4.88. The van der Waals surface area contributed by atoms with Gasteiger partial charge in [-0.2, -0.15) is 4.98 Å². The van der Waals surface area contributed by atoms with Crippen LogP contribution in [0.25, 0.3) is 0 Å². The summed E-state index contributed by atoms with van der Waals surface area (Å²) in [5.74, 6) is 5.84. The summed E-state index contributed by atoms with van der Waals surface area (Å²) in [7, 11) is 0. The van der Waals surface area contributed by atoms with Crippen molar-refractivity contribution < 1.29 is 9.36 Å². The topological polar surface area (TPSA) is 77.4 Å². The summed E-state index contributed by atoms with van der Waals surface area (Å²) >= 11 is 0. The van der Waals surface area contributed by atoms with Gasteiger partial charge >= 0.3 is 0 Å². The molecule has 0 saturated heterocycles. The summed E-state index contributed by atoms with van der Waals surface area (Å²) < 4.78 is 4.88. The normalized spacial score (nSPS) is 10.4. The largest absolute Gasteiger partial charge is 0.339 e. The number of nitrogens with zero attached hydrogens (tertiary/aromatic N) is 3. The summed E-state index contributed by atoms with van der Waals surface area (Å²) in [6, 6.07) is 0. The minimum Gasteiger partial charge on any atom is -0.339 e. The Labute approximate surface area is 76.6 Å². The average Bonchev–Trinajstić information content (AvgIpc) is 2.56. The molecule has 1 aromatic rings. The minimum atomic E-state index is 0.147. The molecule has 2 N–H and O–H groups in total. The average molecular weight is 186 g/mol. The quantitative estimate of drug-likeness (QED) is 0.667. The molecule has 0 atom stereocenters. The summed E-state index contributed by atoms with van der Waals surface area (Å²) in [6.07, 6.45) is 0. The van der Waals surface area contributed by atoms with Gasteiger partial charge in [-0.1, -0.05) is 0 Å². The van der Waals surface area contributed by atoms with Crippen LogP contribution in [0.15, 0.2) is 4.52 Å². The first-order chi connectivity index (χ1) is 6.31. The molecule has 6 heteroatoms. The molecule has 0 aliphatic heterocycles. The summed E-state index contributed by atoms with van der Waals surface area (Å²) in [5.41, 5.74) is 0. The Morgan fingerprint density at radius 1 is 1.46 bits per heavy atom. The fourth-order valence-electron chi connectivity index (χ4n) is 1.01. The first-order valence-corrected chi connectivity index (χ1v) is 4.21. The molecule has 6 nitrogen and oxygen atoms in total. The highest BCUT2D eigenvalue weighted by atomic mass is 16.6. The van der Waals surface area contributed by atoms with Crippen LogP contribution < -0.4 is 10.8 Å². The van der Waals surface area contributed by atoms with E-state index >= 15 is 0 Å². The van der Waals surface area contributed by atoms with E-state index in [4.69, 9.17) is 10.4 Å². The Bertz CT molecular complexity index is 246. The lowest BCUT2D eigenvalue weighted by atomic mass is 10.5. The number of hydrogen-bond acceptors (Lipinski definition) is 6.